The highest BCUT2D eigenvalue weighted by molar-refractivity contribution is 7.98. The van der Waals surface area contributed by atoms with Gasteiger partial charge in [0, 0.05) is 5.75 Å². The van der Waals surface area contributed by atoms with E-state index in [0.29, 0.717) is 28.2 Å². The van der Waals surface area contributed by atoms with E-state index in [1.54, 1.807) is 34.9 Å². The number of fused-ring (bicyclic) bond motifs is 1. The molecule has 7 heteroatoms. The molecule has 0 bridgehead atoms. The Hall–Kier alpha value is -3.06. The van der Waals surface area contributed by atoms with Gasteiger partial charge in [-0.1, -0.05) is 71.9 Å². The van der Waals surface area contributed by atoms with E-state index in [1.165, 1.54) is 17.8 Å². The van der Waals surface area contributed by atoms with Gasteiger partial charge in [-0.05, 0) is 36.2 Å². The second-order valence-corrected chi connectivity index (χ2v) is 8.22. The molecule has 3 aromatic carbocycles. The maximum atomic E-state index is 13.2. The van der Waals surface area contributed by atoms with Gasteiger partial charge >= 0.3 is 6.18 Å². The van der Waals surface area contributed by atoms with Crippen LogP contribution < -0.4 is 5.56 Å². The SMILES string of the molecule is Cc1ccc(Cn2c(SCc3cccc(C(F)(F)F)c3)nc3ccccc3c2=O)cc1. The van der Waals surface area contributed by atoms with Crippen LogP contribution in [0.2, 0.25) is 0 Å². The zero-order valence-corrected chi connectivity index (χ0v) is 17.5. The van der Waals surface area contributed by atoms with Crippen LogP contribution in [0.25, 0.3) is 10.9 Å². The molecule has 1 aromatic heterocycles. The van der Waals surface area contributed by atoms with Crippen LogP contribution in [-0.2, 0) is 18.5 Å². The van der Waals surface area contributed by atoms with Crippen molar-refractivity contribution < 1.29 is 13.2 Å². The summed E-state index contributed by atoms with van der Waals surface area (Å²) < 4.78 is 40.7. The molecule has 0 saturated carbocycles. The lowest BCUT2D eigenvalue weighted by Crippen LogP contribution is -2.24. The number of aryl methyl sites for hydroxylation is 1. The van der Waals surface area contributed by atoms with Crippen molar-refractivity contribution in [3.05, 3.63) is 105 Å². The zero-order valence-electron chi connectivity index (χ0n) is 16.7. The van der Waals surface area contributed by atoms with Crippen LogP contribution in [0.5, 0.6) is 0 Å². The van der Waals surface area contributed by atoms with Crippen LogP contribution in [0.4, 0.5) is 13.2 Å². The molecule has 0 atom stereocenters. The molecule has 3 nitrogen and oxygen atoms in total. The number of para-hydroxylation sites is 1. The fourth-order valence-corrected chi connectivity index (χ4v) is 4.20. The molecule has 0 aliphatic heterocycles. The van der Waals surface area contributed by atoms with Gasteiger partial charge < -0.3 is 0 Å². The molecule has 0 radical (unpaired) electrons. The zero-order chi connectivity index (χ0) is 22.0. The Morgan fingerprint density at radius 2 is 1.68 bits per heavy atom. The summed E-state index contributed by atoms with van der Waals surface area (Å²) in [5, 5.41) is 0.986. The van der Waals surface area contributed by atoms with E-state index in [0.717, 1.165) is 23.3 Å². The van der Waals surface area contributed by atoms with Gasteiger partial charge in [0.2, 0.25) is 0 Å². The molecule has 0 N–H and O–H groups in total. The summed E-state index contributed by atoms with van der Waals surface area (Å²) in [6, 6.07) is 20.2. The first-order valence-corrected chi connectivity index (χ1v) is 10.6. The van der Waals surface area contributed by atoms with Crippen molar-refractivity contribution in [3.8, 4) is 0 Å². The van der Waals surface area contributed by atoms with Crippen molar-refractivity contribution in [1.82, 2.24) is 9.55 Å². The van der Waals surface area contributed by atoms with Gasteiger partial charge in [-0.25, -0.2) is 4.98 Å². The number of aromatic nitrogens is 2. The molecule has 0 aliphatic carbocycles. The molecule has 4 rings (SSSR count). The van der Waals surface area contributed by atoms with Crippen LogP contribution in [0.3, 0.4) is 0 Å². The fourth-order valence-electron chi connectivity index (χ4n) is 3.26. The first-order valence-electron chi connectivity index (χ1n) is 9.65. The standard InChI is InChI=1S/C24H19F3N2OS/c1-16-9-11-17(12-10-16)14-29-22(30)20-7-2-3-8-21(20)28-23(29)31-15-18-5-4-6-19(13-18)24(25,26)27/h2-13H,14-15H2,1H3. The highest BCUT2D eigenvalue weighted by Crippen LogP contribution is 2.31. The highest BCUT2D eigenvalue weighted by Gasteiger charge is 2.30. The smallest absolute Gasteiger partial charge is 0.283 e. The Labute approximate surface area is 181 Å². The second kappa shape index (κ2) is 8.59. The van der Waals surface area contributed by atoms with Crippen LogP contribution in [-0.4, -0.2) is 9.55 Å². The number of rotatable bonds is 5. The lowest BCUT2D eigenvalue weighted by molar-refractivity contribution is -0.137. The van der Waals surface area contributed by atoms with Crippen LogP contribution in [0.15, 0.2) is 82.7 Å². The molecular weight excluding hydrogens is 421 g/mol. The van der Waals surface area contributed by atoms with E-state index in [9.17, 15) is 18.0 Å². The summed E-state index contributed by atoms with van der Waals surface area (Å²) in [4.78, 5) is 17.8. The largest absolute Gasteiger partial charge is 0.416 e. The van der Waals surface area contributed by atoms with Gasteiger partial charge in [0.1, 0.15) is 0 Å². The van der Waals surface area contributed by atoms with Crippen LogP contribution >= 0.6 is 11.8 Å². The Balaban J connectivity index is 1.70. The molecule has 0 unspecified atom stereocenters. The normalized spacial score (nSPS) is 11.7. The summed E-state index contributed by atoms with van der Waals surface area (Å²) in [5.41, 5.74) is 2.30. The molecule has 0 aliphatic rings. The van der Waals surface area contributed by atoms with Gasteiger partial charge in [-0.3, -0.25) is 9.36 Å². The minimum Gasteiger partial charge on any atom is -0.283 e. The van der Waals surface area contributed by atoms with E-state index in [1.807, 2.05) is 31.2 Å². The van der Waals surface area contributed by atoms with Crippen LogP contribution in [0, 0.1) is 6.92 Å². The maximum Gasteiger partial charge on any atom is 0.416 e. The van der Waals surface area contributed by atoms with E-state index >= 15 is 0 Å². The first kappa shape index (κ1) is 21.2. The molecule has 31 heavy (non-hydrogen) atoms. The number of alkyl halides is 3. The van der Waals surface area contributed by atoms with Gasteiger partial charge in [-0.15, -0.1) is 0 Å². The minimum absolute atomic E-state index is 0.169. The van der Waals surface area contributed by atoms with Crippen molar-refractivity contribution in [2.45, 2.75) is 30.6 Å². The Kier molecular flexibility index (Phi) is 5.87. The van der Waals surface area contributed by atoms with Crippen molar-refractivity contribution in [3.63, 3.8) is 0 Å². The number of thioether (sulfide) groups is 1. The molecule has 0 spiro atoms. The van der Waals surface area contributed by atoms with Crippen molar-refractivity contribution in [1.29, 1.82) is 0 Å². The summed E-state index contributed by atoms with van der Waals surface area (Å²) >= 11 is 1.26. The first-order chi connectivity index (χ1) is 14.8. The van der Waals surface area contributed by atoms with Crippen molar-refractivity contribution in [2.24, 2.45) is 0 Å². The summed E-state index contributed by atoms with van der Waals surface area (Å²) in [7, 11) is 0. The minimum atomic E-state index is -4.39. The molecule has 0 saturated heterocycles. The molecule has 0 fully saturated rings. The summed E-state index contributed by atoms with van der Waals surface area (Å²) in [6.07, 6.45) is -4.39. The van der Waals surface area contributed by atoms with Crippen LogP contribution in [0.1, 0.15) is 22.3 Å². The number of halogens is 3. The van der Waals surface area contributed by atoms with Crippen molar-refractivity contribution >= 4 is 22.7 Å². The predicted molar refractivity (Wildman–Crippen MR) is 117 cm³/mol. The lowest BCUT2D eigenvalue weighted by Gasteiger charge is -2.14. The molecule has 0 amide bonds. The number of benzene rings is 3. The third-order valence-corrected chi connectivity index (χ3v) is 5.96. The Morgan fingerprint density at radius 1 is 0.935 bits per heavy atom. The van der Waals surface area contributed by atoms with E-state index in [4.69, 9.17) is 0 Å². The van der Waals surface area contributed by atoms with Gasteiger partial charge in [0.25, 0.3) is 5.56 Å². The predicted octanol–water partition coefficient (Wildman–Crippen LogP) is 6.06. The number of nitrogens with zero attached hydrogens (tertiary/aromatic N) is 2. The van der Waals surface area contributed by atoms with E-state index in [2.05, 4.69) is 4.98 Å². The number of hydrogen-bond donors (Lipinski definition) is 0. The average molecular weight is 440 g/mol. The number of hydrogen-bond acceptors (Lipinski definition) is 3. The van der Waals surface area contributed by atoms with Gasteiger partial charge in [0.15, 0.2) is 5.16 Å². The highest BCUT2D eigenvalue weighted by atomic mass is 32.2. The molecule has 4 aromatic rings. The molecular formula is C24H19F3N2OS. The summed E-state index contributed by atoms with van der Waals surface area (Å²) in [5.74, 6) is 0.266. The van der Waals surface area contributed by atoms with Crippen molar-refractivity contribution in [2.75, 3.05) is 0 Å². The monoisotopic (exact) mass is 440 g/mol. The maximum absolute atomic E-state index is 13.2. The van der Waals surface area contributed by atoms with Gasteiger partial charge in [0.05, 0.1) is 23.0 Å². The average Bonchev–Trinajstić information content (AvgIpc) is 2.75. The second-order valence-electron chi connectivity index (χ2n) is 7.28. The third kappa shape index (κ3) is 4.82. The van der Waals surface area contributed by atoms with E-state index in [-0.39, 0.29) is 11.3 Å². The fraction of sp³-hybridized carbons (Fsp3) is 0.167. The van der Waals surface area contributed by atoms with Gasteiger partial charge in [-0.2, -0.15) is 13.2 Å². The third-order valence-electron chi connectivity index (χ3n) is 4.91. The van der Waals surface area contributed by atoms with E-state index < -0.39 is 11.7 Å². The Morgan fingerprint density at radius 3 is 2.42 bits per heavy atom. The molecule has 158 valence electrons. The molecule has 1 heterocycles. The Bertz CT molecular complexity index is 1280. The topological polar surface area (TPSA) is 34.9 Å². The lowest BCUT2D eigenvalue weighted by atomic mass is 10.1. The quantitative estimate of drug-likeness (QED) is 0.279. The summed E-state index contributed by atoms with van der Waals surface area (Å²) in [6.45, 7) is 2.33.